The van der Waals surface area contributed by atoms with Crippen molar-refractivity contribution in [3.05, 3.63) is 59.7 Å². The Morgan fingerprint density at radius 1 is 0.619 bits per heavy atom. The van der Waals surface area contributed by atoms with Gasteiger partial charge in [-0.2, -0.15) is 0 Å². The minimum atomic E-state index is -2.58. The van der Waals surface area contributed by atoms with Gasteiger partial charge in [0.1, 0.15) is 0 Å². The molecule has 14 heteroatoms. The van der Waals surface area contributed by atoms with Gasteiger partial charge >= 0.3 is 22.5 Å². The largest absolute Gasteiger partial charge is 0.701 e. The maximum Gasteiger partial charge on any atom is 0.701 e. The summed E-state index contributed by atoms with van der Waals surface area (Å²) in [6.07, 6.45) is 0. The molecule has 2 N–H and O–H groups in total. The van der Waals surface area contributed by atoms with Gasteiger partial charge in [-0.15, -0.1) is 0 Å². The second-order valence-corrected chi connectivity index (χ2v) is 13.2. The topological polar surface area (TPSA) is 131 Å². The van der Waals surface area contributed by atoms with Gasteiger partial charge in [-0.05, 0) is 90.6 Å². The van der Waals surface area contributed by atoms with E-state index in [1.165, 1.54) is 0 Å². The first-order chi connectivity index (χ1) is 19.5. The number of rotatable bonds is 10. The smallest absolute Gasteiger partial charge is 0.399 e. The Bertz CT molecular complexity index is 1190. The molecule has 0 spiro atoms. The van der Waals surface area contributed by atoms with Gasteiger partial charge in [0.25, 0.3) is 11.8 Å². The Labute approximate surface area is 248 Å². The summed E-state index contributed by atoms with van der Waals surface area (Å²) < 4.78 is 46.1. The van der Waals surface area contributed by atoms with Crippen LogP contribution in [0.1, 0.15) is 76.1 Å². The molecule has 2 aliphatic heterocycles. The van der Waals surface area contributed by atoms with E-state index in [1.54, 1.807) is 48.5 Å². The molecule has 0 atom stereocenters. The summed E-state index contributed by atoms with van der Waals surface area (Å²) >= 11 is 0. The van der Waals surface area contributed by atoms with Crippen molar-refractivity contribution in [2.24, 2.45) is 0 Å². The Morgan fingerprint density at radius 3 is 1.19 bits per heavy atom. The molecule has 0 saturated carbocycles. The molecule has 0 bridgehead atoms. The van der Waals surface area contributed by atoms with E-state index in [-0.39, 0.29) is 13.5 Å². The normalized spacial score (nSPS) is 19.9. The fourth-order valence-corrected chi connectivity index (χ4v) is 4.50. The fourth-order valence-electron chi connectivity index (χ4n) is 4.08. The molecule has 2 heterocycles. The molecule has 2 aromatic carbocycles. The number of hydrogen-bond donors (Lipinski definition) is 2. The van der Waals surface area contributed by atoms with Gasteiger partial charge in [-0.25, -0.2) is 0 Å². The summed E-state index contributed by atoms with van der Waals surface area (Å²) in [4.78, 5) is 24.9. The van der Waals surface area contributed by atoms with Crippen molar-refractivity contribution in [3.8, 4) is 0 Å². The fraction of sp³-hybridized carbons (Fsp3) is 0.500. The summed E-state index contributed by atoms with van der Waals surface area (Å²) in [5, 5.41) is 5.03. The van der Waals surface area contributed by atoms with Crippen LogP contribution in [0, 0.1) is 0 Å². The Morgan fingerprint density at radius 2 is 0.905 bits per heavy atom. The second-order valence-electron chi connectivity index (χ2n) is 12.2. The van der Waals surface area contributed by atoms with E-state index < -0.39 is 56.7 Å². The molecule has 224 valence electrons. The Balaban J connectivity index is 1.15. The Kier molecular flexibility index (Phi) is 9.35. The number of benzene rings is 2. The van der Waals surface area contributed by atoms with Crippen LogP contribution in [-0.2, 0) is 32.2 Å². The van der Waals surface area contributed by atoms with Crippen molar-refractivity contribution in [3.63, 3.8) is 0 Å². The highest BCUT2D eigenvalue weighted by molar-refractivity contribution is 7.33. The third kappa shape index (κ3) is 7.11. The van der Waals surface area contributed by atoms with Crippen LogP contribution in [0.15, 0.2) is 48.5 Å². The van der Waals surface area contributed by atoms with E-state index in [0.717, 1.165) is 10.9 Å². The van der Waals surface area contributed by atoms with E-state index in [4.69, 9.17) is 27.7 Å². The Hall–Kier alpha value is -2.63. The molecule has 4 rings (SSSR count). The molecule has 0 unspecified atom stereocenters. The summed E-state index contributed by atoms with van der Waals surface area (Å²) in [6.45, 7) is 15.1. The van der Waals surface area contributed by atoms with Crippen LogP contribution in [0.3, 0.4) is 0 Å². The van der Waals surface area contributed by atoms with Crippen molar-refractivity contribution in [2.75, 3.05) is 13.5 Å². The van der Waals surface area contributed by atoms with Gasteiger partial charge in [0.15, 0.2) is 13.5 Å². The molecule has 2 aliphatic rings. The van der Waals surface area contributed by atoms with Gasteiger partial charge in [0, 0.05) is 15.7 Å². The van der Waals surface area contributed by atoms with E-state index in [1.807, 2.05) is 55.4 Å². The molecule has 2 fully saturated rings. The molecule has 2 aromatic rings. The molecule has 2 amide bonds. The van der Waals surface area contributed by atoms with Crippen LogP contribution in [0.4, 0.5) is 0 Å². The first-order valence-electron chi connectivity index (χ1n) is 13.7. The molecule has 11 nitrogen and oxygen atoms in total. The van der Waals surface area contributed by atoms with Gasteiger partial charge in [-0.1, -0.05) is 33.3 Å². The second kappa shape index (κ2) is 12.2. The standard InChI is InChI=1S/C28H37B2N2O9P/c1-25(2)26(3,4)39-29(38-25)21-13-9-19(10-14-21)23(33)31-17-36-42(35)37-18-32-24(34)20-11-15-22(16-12-20)30-40-27(5,6)28(7,8)41-30/h9-16H,17-18H2,1-8H3,(H-,31,32,33,34)/p+1. The van der Waals surface area contributed by atoms with Crippen LogP contribution in [0.25, 0.3) is 0 Å². The van der Waals surface area contributed by atoms with Crippen molar-refractivity contribution in [1.82, 2.24) is 10.6 Å². The average molecular weight is 599 g/mol. The first kappa shape index (κ1) is 32.3. The summed E-state index contributed by atoms with van der Waals surface area (Å²) in [6, 6.07) is 13.6. The first-order valence-corrected chi connectivity index (χ1v) is 14.8. The summed E-state index contributed by atoms with van der Waals surface area (Å²) in [5.41, 5.74) is 0.491. The van der Waals surface area contributed by atoms with E-state index in [2.05, 4.69) is 10.6 Å². The van der Waals surface area contributed by atoms with Crippen LogP contribution in [-0.4, -0.2) is 61.9 Å². The highest BCUT2D eigenvalue weighted by atomic mass is 31.1. The van der Waals surface area contributed by atoms with E-state index in [9.17, 15) is 14.2 Å². The summed E-state index contributed by atoms with van der Waals surface area (Å²) in [7, 11) is -3.64. The number of hydrogen-bond acceptors (Lipinski definition) is 9. The minimum absolute atomic E-state index is 0.346. The summed E-state index contributed by atoms with van der Waals surface area (Å²) in [5.74, 6) is -0.840. The zero-order valence-corrected chi connectivity index (χ0v) is 26.2. The monoisotopic (exact) mass is 599 g/mol. The predicted molar refractivity (Wildman–Crippen MR) is 159 cm³/mol. The predicted octanol–water partition coefficient (Wildman–Crippen LogP) is 3.05. The van der Waals surface area contributed by atoms with Crippen molar-refractivity contribution < 1.29 is 41.8 Å². The minimum Gasteiger partial charge on any atom is -0.399 e. The molecule has 0 aromatic heterocycles. The lowest BCUT2D eigenvalue weighted by Gasteiger charge is -2.32. The maximum atomic E-state index is 12.4. The number of carbonyl (C=O) groups is 2. The van der Waals surface area contributed by atoms with E-state index in [0.29, 0.717) is 11.1 Å². The van der Waals surface area contributed by atoms with Gasteiger partial charge in [0.05, 0.1) is 22.4 Å². The number of amides is 2. The highest BCUT2D eigenvalue weighted by Gasteiger charge is 2.52. The molecular weight excluding hydrogens is 561 g/mol. The van der Waals surface area contributed by atoms with Crippen LogP contribution in [0.2, 0.25) is 0 Å². The molecular formula is C28H38B2N2O9P+. The quantitative estimate of drug-likeness (QED) is 0.241. The maximum absolute atomic E-state index is 12.4. The van der Waals surface area contributed by atoms with Gasteiger partial charge < -0.3 is 29.3 Å². The number of carbonyl (C=O) groups excluding carboxylic acids is 2. The SMILES string of the molecule is CC1(C)OB(c2ccc(C(=O)NCO[P+](=O)OCNC(=O)c3ccc(B4OC(C)(C)C(C)(C)O4)cc3)cc2)OC1(C)C. The van der Waals surface area contributed by atoms with Crippen molar-refractivity contribution in [2.45, 2.75) is 77.8 Å². The van der Waals surface area contributed by atoms with Gasteiger partial charge in [-0.3, -0.25) is 9.59 Å². The molecule has 42 heavy (non-hydrogen) atoms. The van der Waals surface area contributed by atoms with Gasteiger partial charge in [0.2, 0.25) is 0 Å². The van der Waals surface area contributed by atoms with Crippen LogP contribution >= 0.6 is 8.25 Å². The van der Waals surface area contributed by atoms with E-state index >= 15 is 0 Å². The zero-order chi connectivity index (χ0) is 30.9. The molecule has 2 saturated heterocycles. The lowest BCUT2D eigenvalue weighted by molar-refractivity contribution is 0.00578. The third-order valence-corrected chi connectivity index (χ3v) is 8.88. The lowest BCUT2D eigenvalue weighted by atomic mass is 9.79. The average Bonchev–Trinajstić information content (AvgIpc) is 3.28. The van der Waals surface area contributed by atoms with Crippen molar-refractivity contribution in [1.29, 1.82) is 0 Å². The number of nitrogens with one attached hydrogen (secondary N) is 2. The zero-order valence-electron chi connectivity index (χ0n) is 25.3. The third-order valence-electron chi connectivity index (χ3n) is 8.20. The highest BCUT2D eigenvalue weighted by Crippen LogP contribution is 2.37. The van der Waals surface area contributed by atoms with Crippen LogP contribution < -0.4 is 21.6 Å². The lowest BCUT2D eigenvalue weighted by Crippen LogP contribution is -2.41. The van der Waals surface area contributed by atoms with Crippen LogP contribution in [0.5, 0.6) is 0 Å². The van der Waals surface area contributed by atoms with Crippen molar-refractivity contribution >= 4 is 45.2 Å². The molecule has 0 aliphatic carbocycles. The molecule has 0 radical (unpaired) electrons.